The van der Waals surface area contributed by atoms with E-state index in [0.29, 0.717) is 17.3 Å². The first-order valence-corrected chi connectivity index (χ1v) is 11.2. The maximum Gasteiger partial charge on any atom is 0.150 e. The number of imidazole rings is 1. The Hall–Kier alpha value is -2.86. The summed E-state index contributed by atoms with van der Waals surface area (Å²) in [5, 5.41) is 0. The van der Waals surface area contributed by atoms with Crippen LogP contribution in [-0.4, -0.2) is 21.4 Å². The molecule has 3 rings (SSSR count). The summed E-state index contributed by atoms with van der Waals surface area (Å²) in [6.07, 6.45) is 8.78. The Morgan fingerprint density at radius 1 is 1.06 bits per heavy atom. The van der Waals surface area contributed by atoms with Crippen LogP contribution in [0.2, 0.25) is 0 Å². The summed E-state index contributed by atoms with van der Waals surface area (Å²) < 4.78 is 8.01. The van der Waals surface area contributed by atoms with Gasteiger partial charge in [0.05, 0.1) is 0 Å². The van der Waals surface area contributed by atoms with Crippen LogP contribution in [0.3, 0.4) is 0 Å². The van der Waals surface area contributed by atoms with Crippen molar-refractivity contribution < 1.29 is 4.74 Å². The molecule has 0 aliphatic heterocycles. The molecule has 0 bridgehead atoms. The van der Waals surface area contributed by atoms with Crippen molar-refractivity contribution in [2.75, 3.05) is 12.8 Å². The Morgan fingerprint density at radius 2 is 1.71 bits per heavy atom. The van der Waals surface area contributed by atoms with E-state index in [4.69, 9.17) is 15.5 Å². The van der Waals surface area contributed by atoms with E-state index in [-0.39, 0.29) is 0 Å². The predicted octanol–water partition coefficient (Wildman–Crippen LogP) is 5.78. The van der Waals surface area contributed by atoms with Crippen molar-refractivity contribution >= 4 is 17.1 Å². The third-order valence-electron chi connectivity index (χ3n) is 4.68. The summed E-state index contributed by atoms with van der Waals surface area (Å²) in [6, 6.07) is 9.59. The molecule has 6 nitrogen and oxygen atoms in total. The van der Waals surface area contributed by atoms with E-state index in [1.807, 2.05) is 51.1 Å². The number of rotatable bonds is 9. The normalized spacial score (nSPS) is 10.0. The molecule has 0 radical (unpaired) electrons. The van der Waals surface area contributed by atoms with Crippen LogP contribution in [0.1, 0.15) is 70.1 Å². The Balaban J connectivity index is 0.00000113. The van der Waals surface area contributed by atoms with Crippen LogP contribution in [-0.2, 0) is 6.42 Å². The van der Waals surface area contributed by atoms with E-state index in [1.165, 1.54) is 32.7 Å². The van der Waals surface area contributed by atoms with Crippen LogP contribution in [0, 0.1) is 6.92 Å². The lowest BCUT2D eigenvalue weighted by atomic mass is 10.1. The average molecular weight is 426 g/mol. The van der Waals surface area contributed by atoms with E-state index in [0.717, 1.165) is 35.6 Å². The lowest BCUT2D eigenvalue weighted by Gasteiger charge is -2.08. The molecule has 6 heteroatoms. The van der Waals surface area contributed by atoms with Gasteiger partial charge in [-0.15, -0.1) is 0 Å². The van der Waals surface area contributed by atoms with E-state index in [9.17, 15) is 0 Å². The van der Waals surface area contributed by atoms with Crippen LogP contribution in [0.25, 0.3) is 11.3 Å². The minimum Gasteiger partial charge on any atom is -0.456 e. The van der Waals surface area contributed by atoms with Crippen molar-refractivity contribution in [3.05, 3.63) is 60.3 Å². The van der Waals surface area contributed by atoms with Crippen LogP contribution < -0.4 is 16.2 Å². The molecular formula is C25H39N5O. The first-order valence-electron chi connectivity index (χ1n) is 11.2. The maximum atomic E-state index is 6.20. The lowest BCUT2D eigenvalue weighted by molar-refractivity contribution is 0.515. The minimum absolute atomic E-state index is 0.443. The molecule has 31 heavy (non-hydrogen) atoms. The second-order valence-electron chi connectivity index (χ2n) is 6.85. The Kier molecular flexibility index (Phi) is 12.0. The maximum absolute atomic E-state index is 6.20. The summed E-state index contributed by atoms with van der Waals surface area (Å²) >= 11 is 0. The fourth-order valence-corrected chi connectivity index (χ4v) is 3.29. The second-order valence-corrected chi connectivity index (χ2v) is 6.85. The minimum atomic E-state index is 0.443. The number of para-hydroxylation sites is 1. The Morgan fingerprint density at radius 3 is 2.35 bits per heavy atom. The molecule has 170 valence electrons. The van der Waals surface area contributed by atoms with Gasteiger partial charge in [-0.25, -0.2) is 9.97 Å². The Bertz CT molecular complexity index is 919. The summed E-state index contributed by atoms with van der Waals surface area (Å²) in [5.74, 6) is 2.64. The highest BCUT2D eigenvalue weighted by Crippen LogP contribution is 2.28. The molecule has 0 aliphatic rings. The second kappa shape index (κ2) is 14.2. The van der Waals surface area contributed by atoms with Crippen LogP contribution in [0.4, 0.5) is 5.82 Å². The van der Waals surface area contributed by atoms with Gasteiger partial charge in [-0.3, -0.25) is 4.40 Å². The quantitative estimate of drug-likeness (QED) is 0.335. The molecule has 0 amide bonds. The van der Waals surface area contributed by atoms with Gasteiger partial charge in [-0.1, -0.05) is 71.2 Å². The van der Waals surface area contributed by atoms with Crippen molar-refractivity contribution in [2.45, 2.75) is 66.2 Å². The van der Waals surface area contributed by atoms with E-state index in [2.05, 4.69) is 28.6 Å². The zero-order valence-corrected chi connectivity index (χ0v) is 19.8. The number of aromatic nitrogens is 3. The number of benzene rings is 1. The highest BCUT2D eigenvalue weighted by molar-refractivity contribution is 5.81. The number of hydrogen-bond acceptors (Lipinski definition) is 5. The molecule has 3 aromatic rings. The van der Waals surface area contributed by atoms with Crippen molar-refractivity contribution in [3.63, 3.8) is 0 Å². The first kappa shape index (κ1) is 26.2. The van der Waals surface area contributed by atoms with Crippen molar-refractivity contribution in [2.24, 2.45) is 5.73 Å². The van der Waals surface area contributed by atoms with Gasteiger partial charge in [0.2, 0.25) is 0 Å². The van der Waals surface area contributed by atoms with E-state index < -0.39 is 0 Å². The van der Waals surface area contributed by atoms with Crippen molar-refractivity contribution in [1.29, 1.82) is 0 Å². The van der Waals surface area contributed by atoms with Crippen molar-refractivity contribution in [1.82, 2.24) is 14.4 Å². The third kappa shape index (κ3) is 7.10. The number of fused-ring (bicyclic) bond motifs is 1. The summed E-state index contributed by atoms with van der Waals surface area (Å²) in [6.45, 7) is 12.3. The SMILES string of the molecule is C=C(Oc1ccccc1)c1nc(CCCCCCC)n2c(C)cnc(N)c12.CC.CN. The molecular weight excluding hydrogens is 386 g/mol. The molecule has 0 saturated heterocycles. The van der Waals surface area contributed by atoms with Gasteiger partial charge in [0.25, 0.3) is 0 Å². The molecule has 0 spiro atoms. The number of hydrogen-bond donors (Lipinski definition) is 2. The smallest absolute Gasteiger partial charge is 0.150 e. The molecule has 2 heterocycles. The van der Waals surface area contributed by atoms with E-state index in [1.54, 1.807) is 6.20 Å². The van der Waals surface area contributed by atoms with Crippen LogP contribution in [0.15, 0.2) is 43.1 Å². The fraction of sp³-hybridized carbons (Fsp3) is 0.440. The number of unbranched alkanes of at least 4 members (excludes halogenated alkanes) is 4. The summed E-state index contributed by atoms with van der Waals surface area (Å²) in [5.41, 5.74) is 13.1. The number of anilines is 1. The van der Waals surface area contributed by atoms with Gasteiger partial charge >= 0.3 is 0 Å². The van der Waals surface area contributed by atoms with Gasteiger partial charge in [-0.2, -0.15) is 0 Å². The zero-order valence-electron chi connectivity index (χ0n) is 19.8. The highest BCUT2D eigenvalue weighted by Gasteiger charge is 2.19. The number of nitrogen functional groups attached to an aromatic ring is 1. The number of aryl methyl sites for hydroxylation is 2. The number of nitrogens with zero attached hydrogens (tertiary/aromatic N) is 3. The molecule has 0 saturated carbocycles. The van der Waals surface area contributed by atoms with Crippen LogP contribution >= 0.6 is 0 Å². The van der Waals surface area contributed by atoms with Gasteiger partial charge in [0, 0.05) is 18.3 Å². The van der Waals surface area contributed by atoms with Crippen LogP contribution in [0.5, 0.6) is 5.75 Å². The van der Waals surface area contributed by atoms with Gasteiger partial charge in [-0.05, 0) is 32.5 Å². The topological polar surface area (TPSA) is 91.5 Å². The predicted molar refractivity (Wildman–Crippen MR) is 132 cm³/mol. The van der Waals surface area contributed by atoms with E-state index >= 15 is 0 Å². The molecule has 4 N–H and O–H groups in total. The lowest BCUT2D eigenvalue weighted by Crippen LogP contribution is -2.03. The van der Waals surface area contributed by atoms with Gasteiger partial charge in [0.1, 0.15) is 34.4 Å². The largest absolute Gasteiger partial charge is 0.456 e. The first-order chi connectivity index (χ1) is 15.1. The zero-order chi connectivity index (χ0) is 23.2. The molecule has 2 aromatic heterocycles. The number of nitrogens with two attached hydrogens (primary N) is 2. The third-order valence-corrected chi connectivity index (χ3v) is 4.68. The molecule has 1 aromatic carbocycles. The summed E-state index contributed by atoms with van der Waals surface area (Å²) in [7, 11) is 1.50. The van der Waals surface area contributed by atoms with Crippen molar-refractivity contribution in [3.8, 4) is 5.75 Å². The highest BCUT2D eigenvalue weighted by atomic mass is 16.5. The molecule has 0 atom stereocenters. The molecule has 0 fully saturated rings. The van der Waals surface area contributed by atoms with Gasteiger partial charge < -0.3 is 16.2 Å². The number of ether oxygens (including phenoxy) is 1. The average Bonchev–Trinajstić information content (AvgIpc) is 3.21. The fourth-order valence-electron chi connectivity index (χ4n) is 3.29. The van der Waals surface area contributed by atoms with Gasteiger partial charge in [0.15, 0.2) is 0 Å². The monoisotopic (exact) mass is 425 g/mol. The summed E-state index contributed by atoms with van der Waals surface area (Å²) in [4.78, 5) is 9.15. The molecule has 0 unspecified atom stereocenters. The standard InChI is InChI=1S/C22H28N4O.C2H6.CH5N/c1-4-5-6-7-11-14-19-25-20(17(3)27-18-12-9-8-10-13-18)21-22(23)24-15-16(2)26(19)21;2*1-2/h8-10,12-13,15H,3-7,11,14H2,1-2H3,(H2,23,24);1-2H3;2H2,1H3. The Labute approximate surface area is 187 Å². The molecule has 0 aliphatic carbocycles.